The van der Waals surface area contributed by atoms with E-state index < -0.39 is 0 Å². The van der Waals surface area contributed by atoms with Gasteiger partial charge in [0, 0.05) is 12.0 Å². The van der Waals surface area contributed by atoms with Crippen molar-refractivity contribution >= 4 is 0 Å². The first kappa shape index (κ1) is 14.6. The number of hydrogen-bond donors (Lipinski definition) is 0. The Bertz CT molecular complexity index is 415. The Hall–Kier alpha value is -1.49. The molecule has 0 aliphatic heterocycles. The molecule has 0 bridgehead atoms. The average molecular weight is 248 g/mol. The largest absolute Gasteiger partial charge is 0.494 e. The lowest BCUT2D eigenvalue weighted by Gasteiger charge is -2.00. The maximum Gasteiger partial charge on any atom is 0.166 e. The summed E-state index contributed by atoms with van der Waals surface area (Å²) >= 11 is 0. The summed E-state index contributed by atoms with van der Waals surface area (Å²) in [5.74, 6) is 5.98. The van der Waals surface area contributed by atoms with E-state index in [2.05, 4.69) is 18.8 Å². The van der Waals surface area contributed by atoms with E-state index in [1.54, 1.807) is 12.1 Å². The van der Waals surface area contributed by atoms with E-state index in [1.165, 1.54) is 38.9 Å². The molecule has 0 radical (unpaired) electrons. The Morgan fingerprint density at radius 1 is 1.17 bits per heavy atom. The Morgan fingerprint density at radius 2 is 1.94 bits per heavy atom. The maximum atomic E-state index is 13.4. The van der Waals surface area contributed by atoms with Crippen molar-refractivity contribution in [2.75, 3.05) is 7.11 Å². The zero-order chi connectivity index (χ0) is 13.2. The van der Waals surface area contributed by atoms with Crippen LogP contribution in [0.25, 0.3) is 0 Å². The quantitative estimate of drug-likeness (QED) is 0.530. The van der Waals surface area contributed by atoms with Crippen molar-refractivity contribution in [1.82, 2.24) is 0 Å². The van der Waals surface area contributed by atoms with Crippen molar-refractivity contribution in [3.63, 3.8) is 0 Å². The molecule has 0 saturated carbocycles. The summed E-state index contributed by atoms with van der Waals surface area (Å²) in [6, 6.07) is 4.81. The Balaban J connectivity index is 2.36. The zero-order valence-electron chi connectivity index (χ0n) is 11.3. The van der Waals surface area contributed by atoms with E-state index in [4.69, 9.17) is 4.74 Å². The molecule has 1 aromatic rings. The van der Waals surface area contributed by atoms with E-state index in [9.17, 15) is 4.39 Å². The normalized spacial score (nSPS) is 9.72. The van der Waals surface area contributed by atoms with Gasteiger partial charge < -0.3 is 4.74 Å². The third-order valence-corrected chi connectivity index (χ3v) is 2.79. The van der Waals surface area contributed by atoms with Gasteiger partial charge in [0.2, 0.25) is 0 Å². The molecule has 1 aromatic carbocycles. The standard InChI is InChI=1S/C16H21FO/c1-3-4-5-6-7-8-9-10-14-11-12-16(18-2)15(17)13-14/h11-13H,3-8H2,1-2H3. The lowest BCUT2D eigenvalue weighted by atomic mass is 10.1. The van der Waals surface area contributed by atoms with Crippen molar-refractivity contribution in [2.24, 2.45) is 0 Å². The molecule has 18 heavy (non-hydrogen) atoms. The van der Waals surface area contributed by atoms with Crippen molar-refractivity contribution in [3.8, 4) is 17.6 Å². The number of methoxy groups -OCH3 is 1. The monoisotopic (exact) mass is 248 g/mol. The minimum atomic E-state index is -0.354. The van der Waals surface area contributed by atoms with E-state index in [0.717, 1.165) is 12.8 Å². The SMILES string of the molecule is CCCCCCCC#Cc1ccc(OC)c(F)c1. The van der Waals surface area contributed by atoms with Gasteiger partial charge in [-0.1, -0.05) is 44.4 Å². The number of hydrogen-bond acceptors (Lipinski definition) is 1. The number of unbranched alkanes of at least 4 members (excludes halogenated alkanes) is 5. The van der Waals surface area contributed by atoms with Gasteiger partial charge in [-0.2, -0.15) is 0 Å². The minimum absolute atomic E-state index is 0.264. The van der Waals surface area contributed by atoms with Crippen molar-refractivity contribution < 1.29 is 9.13 Å². The minimum Gasteiger partial charge on any atom is -0.494 e. The first-order valence-electron chi connectivity index (χ1n) is 6.60. The van der Waals surface area contributed by atoms with Crippen LogP contribution in [0.2, 0.25) is 0 Å². The highest BCUT2D eigenvalue weighted by atomic mass is 19.1. The highest BCUT2D eigenvalue weighted by Crippen LogP contribution is 2.17. The number of rotatable bonds is 6. The van der Waals surface area contributed by atoms with Gasteiger partial charge in [-0.05, 0) is 24.6 Å². The Kier molecular flexibility index (Phi) is 6.94. The fourth-order valence-corrected chi connectivity index (χ4v) is 1.73. The van der Waals surface area contributed by atoms with Crippen LogP contribution in [0.15, 0.2) is 18.2 Å². The van der Waals surface area contributed by atoms with Crippen LogP contribution in [-0.4, -0.2) is 7.11 Å². The first-order chi connectivity index (χ1) is 8.77. The van der Waals surface area contributed by atoms with Gasteiger partial charge in [0.05, 0.1) is 7.11 Å². The van der Waals surface area contributed by atoms with Crippen LogP contribution in [0.5, 0.6) is 5.75 Å². The summed E-state index contributed by atoms with van der Waals surface area (Å²) in [6.07, 6.45) is 7.10. The van der Waals surface area contributed by atoms with Gasteiger partial charge in [-0.15, -0.1) is 0 Å². The summed E-state index contributed by atoms with van der Waals surface area (Å²) in [7, 11) is 1.46. The highest BCUT2D eigenvalue weighted by molar-refractivity contribution is 5.39. The van der Waals surface area contributed by atoms with Gasteiger partial charge >= 0.3 is 0 Å². The topological polar surface area (TPSA) is 9.23 Å². The molecular formula is C16H21FO. The second kappa shape index (κ2) is 8.58. The molecule has 0 heterocycles. The number of ether oxygens (including phenoxy) is 1. The molecule has 1 nitrogen and oxygen atoms in total. The third kappa shape index (κ3) is 5.23. The lowest BCUT2D eigenvalue weighted by molar-refractivity contribution is 0.386. The zero-order valence-corrected chi connectivity index (χ0v) is 11.3. The molecule has 0 aliphatic rings. The average Bonchev–Trinajstić information content (AvgIpc) is 2.38. The van der Waals surface area contributed by atoms with Gasteiger partial charge in [0.25, 0.3) is 0 Å². The van der Waals surface area contributed by atoms with Crippen LogP contribution in [0.1, 0.15) is 51.0 Å². The Morgan fingerprint density at radius 3 is 2.61 bits per heavy atom. The summed E-state index contributed by atoms with van der Waals surface area (Å²) in [5, 5.41) is 0. The van der Waals surface area contributed by atoms with E-state index in [0.29, 0.717) is 5.56 Å². The lowest BCUT2D eigenvalue weighted by Crippen LogP contribution is -1.88. The third-order valence-electron chi connectivity index (χ3n) is 2.79. The van der Waals surface area contributed by atoms with Gasteiger partial charge in [-0.25, -0.2) is 4.39 Å². The van der Waals surface area contributed by atoms with Crippen molar-refractivity contribution in [1.29, 1.82) is 0 Å². The summed E-state index contributed by atoms with van der Waals surface area (Å²) in [5.41, 5.74) is 0.710. The molecule has 0 N–H and O–H groups in total. The van der Waals surface area contributed by atoms with E-state index in [1.807, 2.05) is 0 Å². The molecule has 0 amide bonds. The van der Waals surface area contributed by atoms with Crippen molar-refractivity contribution in [2.45, 2.75) is 45.4 Å². The van der Waals surface area contributed by atoms with E-state index in [-0.39, 0.29) is 11.6 Å². The van der Waals surface area contributed by atoms with E-state index >= 15 is 0 Å². The first-order valence-corrected chi connectivity index (χ1v) is 6.60. The van der Waals surface area contributed by atoms with Crippen LogP contribution in [-0.2, 0) is 0 Å². The number of benzene rings is 1. The molecular weight excluding hydrogens is 227 g/mol. The fourth-order valence-electron chi connectivity index (χ4n) is 1.73. The molecule has 0 fully saturated rings. The molecule has 1 rings (SSSR count). The second-order valence-corrected chi connectivity index (χ2v) is 4.32. The molecule has 0 atom stereocenters. The molecule has 0 aromatic heterocycles. The van der Waals surface area contributed by atoms with Gasteiger partial charge in [-0.3, -0.25) is 0 Å². The summed E-state index contributed by atoms with van der Waals surface area (Å²) < 4.78 is 18.2. The molecule has 0 unspecified atom stereocenters. The predicted molar refractivity (Wildman–Crippen MR) is 73.2 cm³/mol. The molecule has 0 aliphatic carbocycles. The van der Waals surface area contributed by atoms with Crippen LogP contribution in [0, 0.1) is 17.7 Å². The Labute approximate surface area is 109 Å². The fraction of sp³-hybridized carbons (Fsp3) is 0.500. The van der Waals surface area contributed by atoms with Gasteiger partial charge in [0.15, 0.2) is 11.6 Å². The molecule has 0 spiro atoms. The number of halogens is 1. The van der Waals surface area contributed by atoms with Crippen LogP contribution in [0.3, 0.4) is 0 Å². The van der Waals surface area contributed by atoms with Crippen LogP contribution in [0.4, 0.5) is 4.39 Å². The summed E-state index contributed by atoms with van der Waals surface area (Å²) in [4.78, 5) is 0. The van der Waals surface area contributed by atoms with Crippen LogP contribution < -0.4 is 4.74 Å². The smallest absolute Gasteiger partial charge is 0.166 e. The summed E-state index contributed by atoms with van der Waals surface area (Å²) in [6.45, 7) is 2.21. The molecule has 0 saturated heterocycles. The second-order valence-electron chi connectivity index (χ2n) is 4.32. The van der Waals surface area contributed by atoms with Crippen LogP contribution >= 0.6 is 0 Å². The predicted octanol–water partition coefficient (Wildman–Crippen LogP) is 4.55. The highest BCUT2D eigenvalue weighted by Gasteiger charge is 2.00. The molecule has 98 valence electrons. The molecule has 2 heteroatoms. The van der Waals surface area contributed by atoms with Crippen molar-refractivity contribution in [3.05, 3.63) is 29.6 Å². The van der Waals surface area contributed by atoms with Gasteiger partial charge in [0.1, 0.15) is 0 Å². The maximum absolute atomic E-state index is 13.4.